The maximum absolute atomic E-state index is 12.2. The van der Waals surface area contributed by atoms with Crippen molar-refractivity contribution < 1.29 is 73.6 Å². The van der Waals surface area contributed by atoms with Crippen LogP contribution in [0.5, 0.6) is 0 Å². The maximum atomic E-state index is 12.2. The van der Waals surface area contributed by atoms with Crippen LogP contribution in [0.3, 0.4) is 0 Å². The summed E-state index contributed by atoms with van der Waals surface area (Å²) in [5, 5.41) is 35.7. The summed E-state index contributed by atoms with van der Waals surface area (Å²) in [7, 11) is -4.35. The van der Waals surface area contributed by atoms with Gasteiger partial charge in [-0.05, 0) is 97.7 Å². The molecule has 0 aromatic carbocycles. The fraction of sp³-hybridized carbons (Fsp3) is 0.962. The molecular weight excluding hydrogens is 525 g/mol. The van der Waals surface area contributed by atoms with E-state index in [0.29, 0.717) is 18.8 Å². The molecule has 4 aliphatic rings. The number of amides is 1. The molecule has 4 saturated carbocycles. The Kier molecular flexibility index (Phi) is 12.8. The molecule has 0 heterocycles. The van der Waals surface area contributed by atoms with Gasteiger partial charge in [-0.15, -0.1) is 0 Å². The minimum absolute atomic E-state index is 0. The molecule has 11 atom stereocenters. The third kappa shape index (κ3) is 6.79. The average Bonchev–Trinajstić information content (AvgIpc) is 3.12. The summed E-state index contributed by atoms with van der Waals surface area (Å²) in [6, 6.07) is 0. The van der Waals surface area contributed by atoms with Gasteiger partial charge in [-0.1, -0.05) is 20.8 Å². The molecule has 0 bridgehead atoms. The van der Waals surface area contributed by atoms with Crippen LogP contribution in [0.4, 0.5) is 0 Å². The molecule has 0 radical (unpaired) electrons. The van der Waals surface area contributed by atoms with E-state index < -0.39 is 28.1 Å². The van der Waals surface area contributed by atoms with Crippen LogP contribution in [0.15, 0.2) is 0 Å². The molecule has 10 nitrogen and oxygen atoms in total. The Morgan fingerprint density at radius 2 is 1.71 bits per heavy atom. The second-order valence-corrected chi connectivity index (χ2v) is 14.2. The molecule has 4 fully saturated rings. The Morgan fingerprint density at radius 1 is 1.05 bits per heavy atom. The standard InChI is InChI=1S/C26H45NO7S.Na.2H2O/c1-15(4-7-23(31)27-10-11-35(32,33)34)18-5-6-19-24-20(14-22(30)26(18,19)3)25(2)9-8-17(28)12-16(25)13-21(24)29;;;/h15-22,24,28-30H,4-14H2,1-3H3,(H,27,31)(H,32,33,34);;2*1H2/q;+1;;/p-1/t15?,16?,17?,18?,19?,20?,21?,22?,24?,25-,26+;;;/m0.../s1. The zero-order valence-electron chi connectivity index (χ0n) is 23.4. The van der Waals surface area contributed by atoms with Gasteiger partial charge in [-0.25, -0.2) is 8.42 Å². The van der Waals surface area contributed by atoms with Gasteiger partial charge in [0.25, 0.3) is 0 Å². The second kappa shape index (κ2) is 13.4. The predicted molar refractivity (Wildman–Crippen MR) is 137 cm³/mol. The van der Waals surface area contributed by atoms with Gasteiger partial charge in [0.05, 0.1) is 34.2 Å². The van der Waals surface area contributed by atoms with E-state index >= 15 is 0 Å². The van der Waals surface area contributed by atoms with Gasteiger partial charge in [0.15, 0.2) is 0 Å². The van der Waals surface area contributed by atoms with E-state index in [0.717, 1.165) is 38.5 Å². The maximum Gasteiger partial charge on any atom is 1.00 e. The van der Waals surface area contributed by atoms with Crippen molar-refractivity contribution in [2.24, 2.45) is 46.3 Å². The summed E-state index contributed by atoms with van der Waals surface area (Å²) in [5.74, 6) is 0.522. The molecule has 0 aliphatic heterocycles. The summed E-state index contributed by atoms with van der Waals surface area (Å²) in [6.07, 6.45) is 5.58. The quantitative estimate of drug-likeness (QED) is 0.188. The number of nitrogens with one attached hydrogen (secondary N) is 1. The molecule has 0 spiro atoms. The van der Waals surface area contributed by atoms with E-state index in [1.54, 1.807) is 0 Å². The Morgan fingerprint density at radius 3 is 2.34 bits per heavy atom. The SMILES string of the molecule is CC(CCC(=O)NCCS(=O)(=O)[O-])C1CCC2C3C(O)CC4CC(O)CC[C@]4(C)C3CC(O)[C@]12C.O.O.[Na+]. The van der Waals surface area contributed by atoms with Crippen LogP contribution in [-0.4, -0.2) is 75.8 Å². The molecule has 218 valence electrons. The number of carbonyl (C=O) groups is 1. The van der Waals surface area contributed by atoms with Crippen molar-refractivity contribution in [2.45, 2.75) is 96.9 Å². The number of hydrogen-bond acceptors (Lipinski definition) is 7. The van der Waals surface area contributed by atoms with E-state index in [-0.39, 0.29) is 106 Å². The summed E-state index contributed by atoms with van der Waals surface area (Å²) in [4.78, 5) is 12.2. The molecule has 8 N–H and O–H groups in total. The Bertz CT molecular complexity index is 907. The first-order valence-electron chi connectivity index (χ1n) is 13.5. The van der Waals surface area contributed by atoms with Crippen molar-refractivity contribution in [1.29, 1.82) is 0 Å². The molecule has 38 heavy (non-hydrogen) atoms. The van der Waals surface area contributed by atoms with Gasteiger partial charge in [-0.3, -0.25) is 4.79 Å². The van der Waals surface area contributed by atoms with Crippen LogP contribution in [0.1, 0.15) is 78.6 Å². The number of aliphatic hydroxyl groups is 3. The summed E-state index contributed by atoms with van der Waals surface area (Å²) >= 11 is 0. The number of fused-ring (bicyclic) bond motifs is 5. The molecule has 0 aromatic heterocycles. The van der Waals surface area contributed by atoms with Crippen molar-refractivity contribution in [1.82, 2.24) is 5.32 Å². The smallest absolute Gasteiger partial charge is 0.748 e. The minimum atomic E-state index is -4.35. The number of rotatable bonds is 7. The number of hydrogen-bond donors (Lipinski definition) is 4. The summed E-state index contributed by atoms with van der Waals surface area (Å²) in [5.41, 5.74) is -0.267. The zero-order chi connectivity index (χ0) is 25.8. The van der Waals surface area contributed by atoms with E-state index in [9.17, 15) is 33.1 Å². The van der Waals surface area contributed by atoms with Gasteiger partial charge in [0.1, 0.15) is 0 Å². The van der Waals surface area contributed by atoms with Gasteiger partial charge in [-0.2, -0.15) is 0 Å². The first kappa shape index (κ1) is 36.2. The van der Waals surface area contributed by atoms with E-state index in [1.165, 1.54) is 0 Å². The monoisotopic (exact) mass is 573 g/mol. The topological polar surface area (TPSA) is 210 Å². The van der Waals surface area contributed by atoms with Crippen LogP contribution in [-0.2, 0) is 14.9 Å². The molecule has 4 aliphatic carbocycles. The van der Waals surface area contributed by atoms with Crippen LogP contribution in [0, 0.1) is 46.3 Å². The van der Waals surface area contributed by atoms with E-state index in [2.05, 4.69) is 26.1 Å². The van der Waals surface area contributed by atoms with Crippen LogP contribution in [0.25, 0.3) is 0 Å². The second-order valence-electron chi connectivity index (χ2n) is 12.7. The average molecular weight is 574 g/mol. The van der Waals surface area contributed by atoms with E-state index in [4.69, 9.17) is 0 Å². The van der Waals surface area contributed by atoms with E-state index in [1.807, 2.05) is 0 Å². The van der Waals surface area contributed by atoms with Crippen LogP contribution < -0.4 is 34.9 Å². The predicted octanol–water partition coefficient (Wildman–Crippen LogP) is -2.62. The fourth-order valence-corrected chi connectivity index (χ4v) is 9.45. The first-order valence-corrected chi connectivity index (χ1v) is 15.1. The van der Waals surface area contributed by atoms with Gasteiger partial charge < -0.3 is 36.1 Å². The first-order chi connectivity index (χ1) is 16.3. The number of aliphatic hydroxyl groups excluding tert-OH is 3. The van der Waals surface area contributed by atoms with Crippen LogP contribution >= 0.6 is 0 Å². The molecule has 1 amide bonds. The molecule has 0 saturated heterocycles. The normalized spacial score (nSPS) is 42.6. The van der Waals surface area contributed by atoms with Crippen molar-refractivity contribution in [2.75, 3.05) is 12.3 Å². The third-order valence-corrected chi connectivity index (χ3v) is 11.7. The molecule has 9 unspecified atom stereocenters. The fourth-order valence-electron chi connectivity index (χ4n) is 9.10. The Hall–Kier alpha value is 0.180. The number of carbonyl (C=O) groups excluding carboxylic acids is 1. The van der Waals surface area contributed by atoms with Crippen molar-refractivity contribution in [3.05, 3.63) is 0 Å². The summed E-state index contributed by atoms with van der Waals surface area (Å²) < 4.78 is 32.2. The molecule has 12 heteroatoms. The largest absolute Gasteiger partial charge is 1.00 e. The Balaban J connectivity index is 0.00000241. The molecular formula is C26H48NNaO9S. The van der Waals surface area contributed by atoms with Gasteiger partial charge in [0.2, 0.25) is 5.91 Å². The molecule has 0 aromatic rings. The third-order valence-electron chi connectivity index (χ3n) is 11.0. The van der Waals surface area contributed by atoms with Crippen molar-refractivity contribution >= 4 is 16.0 Å². The van der Waals surface area contributed by atoms with Crippen molar-refractivity contribution in [3.63, 3.8) is 0 Å². The zero-order valence-corrected chi connectivity index (χ0v) is 26.2. The summed E-state index contributed by atoms with van der Waals surface area (Å²) in [6.45, 7) is 6.48. The molecule has 4 rings (SSSR count). The Labute approximate surface area is 249 Å². The van der Waals surface area contributed by atoms with Crippen LogP contribution in [0.2, 0.25) is 0 Å². The van der Waals surface area contributed by atoms with Gasteiger partial charge >= 0.3 is 29.6 Å². The van der Waals surface area contributed by atoms with Gasteiger partial charge in [0, 0.05) is 13.0 Å². The van der Waals surface area contributed by atoms with Crippen molar-refractivity contribution in [3.8, 4) is 0 Å². The minimum Gasteiger partial charge on any atom is -0.748 e.